The lowest BCUT2D eigenvalue weighted by atomic mass is 10.2. The molecule has 1 saturated heterocycles. The van der Waals surface area contributed by atoms with Crippen LogP contribution in [0.2, 0.25) is 10.0 Å². The number of carbonyl (C=O) groups excluding carboxylic acids is 1. The van der Waals surface area contributed by atoms with Crippen molar-refractivity contribution in [3.8, 4) is 0 Å². The van der Waals surface area contributed by atoms with Crippen molar-refractivity contribution in [3.63, 3.8) is 0 Å². The Morgan fingerprint density at radius 2 is 2.12 bits per heavy atom. The van der Waals surface area contributed by atoms with Crippen LogP contribution in [-0.2, 0) is 4.74 Å². The molecule has 3 rings (SSSR count). The number of nitrogens with one attached hydrogen (secondary N) is 2. The minimum atomic E-state index is -0.391. The van der Waals surface area contributed by atoms with Crippen LogP contribution in [-0.4, -0.2) is 35.4 Å². The molecule has 1 aliphatic rings. The molecule has 2 heterocycles. The topological polar surface area (TPSA) is 76.1 Å². The molecule has 2 aromatic rings. The molecule has 0 aliphatic carbocycles. The summed E-state index contributed by atoms with van der Waals surface area (Å²) in [6.07, 6.45) is 2.34. The Hall–Kier alpha value is -1.89. The van der Waals surface area contributed by atoms with Crippen LogP contribution in [0.25, 0.3) is 0 Å². The maximum Gasteiger partial charge on any atom is 0.276 e. The van der Waals surface area contributed by atoms with Gasteiger partial charge in [-0.1, -0.05) is 23.2 Å². The Bertz CT molecular complexity index is 719. The van der Waals surface area contributed by atoms with Crippen LogP contribution in [0.15, 0.2) is 30.3 Å². The predicted molar refractivity (Wildman–Crippen MR) is 93.9 cm³/mol. The van der Waals surface area contributed by atoms with Gasteiger partial charge in [-0.05, 0) is 43.2 Å². The van der Waals surface area contributed by atoms with Gasteiger partial charge in [0.2, 0.25) is 0 Å². The first kappa shape index (κ1) is 17.0. The maximum atomic E-state index is 12.2. The van der Waals surface area contributed by atoms with Crippen LogP contribution >= 0.6 is 23.2 Å². The fourth-order valence-corrected chi connectivity index (χ4v) is 2.80. The summed E-state index contributed by atoms with van der Waals surface area (Å²) in [5, 5.41) is 14.6. The molecular formula is C16H16Cl2N4O2. The number of anilines is 2. The summed E-state index contributed by atoms with van der Waals surface area (Å²) < 4.78 is 5.53. The van der Waals surface area contributed by atoms with E-state index in [9.17, 15) is 4.79 Å². The van der Waals surface area contributed by atoms with Gasteiger partial charge < -0.3 is 15.4 Å². The van der Waals surface area contributed by atoms with E-state index in [0.29, 0.717) is 28.1 Å². The molecule has 1 aromatic carbocycles. The smallest absolute Gasteiger partial charge is 0.276 e. The number of aromatic nitrogens is 2. The first-order valence-electron chi connectivity index (χ1n) is 7.57. The zero-order valence-corrected chi connectivity index (χ0v) is 14.3. The van der Waals surface area contributed by atoms with E-state index >= 15 is 0 Å². The third-order valence-corrected chi connectivity index (χ3v) is 4.16. The van der Waals surface area contributed by atoms with Gasteiger partial charge in [0.05, 0.1) is 16.8 Å². The Labute approximate surface area is 149 Å². The van der Waals surface area contributed by atoms with Crippen LogP contribution in [0.4, 0.5) is 11.5 Å². The molecule has 1 fully saturated rings. The molecule has 126 valence electrons. The highest BCUT2D eigenvalue weighted by atomic mass is 35.5. The largest absolute Gasteiger partial charge is 0.376 e. The van der Waals surface area contributed by atoms with E-state index in [1.165, 1.54) is 0 Å². The predicted octanol–water partition coefficient (Wildman–Crippen LogP) is 3.63. The lowest BCUT2D eigenvalue weighted by Crippen LogP contribution is -2.20. The van der Waals surface area contributed by atoms with Gasteiger partial charge in [-0.25, -0.2) is 0 Å². The minimum absolute atomic E-state index is 0.198. The zero-order chi connectivity index (χ0) is 16.9. The highest BCUT2D eigenvalue weighted by Crippen LogP contribution is 2.25. The number of rotatable bonds is 5. The van der Waals surface area contributed by atoms with Crippen molar-refractivity contribution < 1.29 is 9.53 Å². The first-order valence-corrected chi connectivity index (χ1v) is 8.33. The third kappa shape index (κ3) is 4.35. The molecule has 1 unspecified atom stereocenters. The van der Waals surface area contributed by atoms with Crippen molar-refractivity contribution in [1.29, 1.82) is 0 Å². The van der Waals surface area contributed by atoms with Crippen LogP contribution in [0.5, 0.6) is 0 Å². The van der Waals surface area contributed by atoms with Gasteiger partial charge in [-0.2, -0.15) is 0 Å². The van der Waals surface area contributed by atoms with Crippen molar-refractivity contribution >= 4 is 40.6 Å². The molecule has 0 bridgehead atoms. The van der Waals surface area contributed by atoms with E-state index in [4.69, 9.17) is 27.9 Å². The van der Waals surface area contributed by atoms with Gasteiger partial charge in [-0.15, -0.1) is 10.2 Å². The lowest BCUT2D eigenvalue weighted by Gasteiger charge is -2.11. The van der Waals surface area contributed by atoms with Crippen molar-refractivity contribution in [2.75, 3.05) is 23.8 Å². The van der Waals surface area contributed by atoms with Crippen molar-refractivity contribution in [2.45, 2.75) is 18.9 Å². The Balaban J connectivity index is 1.58. The number of carbonyl (C=O) groups is 1. The fourth-order valence-electron chi connectivity index (χ4n) is 2.35. The number of ether oxygens (including phenoxy) is 1. The van der Waals surface area contributed by atoms with Crippen LogP contribution < -0.4 is 10.6 Å². The Morgan fingerprint density at radius 1 is 1.25 bits per heavy atom. The van der Waals surface area contributed by atoms with Crippen molar-refractivity contribution in [3.05, 3.63) is 46.1 Å². The van der Waals surface area contributed by atoms with Crippen LogP contribution in [0.1, 0.15) is 23.3 Å². The number of hydrogen-bond acceptors (Lipinski definition) is 5. The number of benzene rings is 1. The van der Waals surface area contributed by atoms with Crippen LogP contribution in [0.3, 0.4) is 0 Å². The average molecular weight is 367 g/mol. The maximum absolute atomic E-state index is 12.2. The molecule has 6 nitrogen and oxygen atoms in total. The van der Waals surface area contributed by atoms with E-state index in [2.05, 4.69) is 20.8 Å². The Morgan fingerprint density at radius 3 is 2.79 bits per heavy atom. The molecule has 1 aromatic heterocycles. The van der Waals surface area contributed by atoms with Gasteiger partial charge in [0, 0.05) is 18.2 Å². The molecule has 24 heavy (non-hydrogen) atoms. The lowest BCUT2D eigenvalue weighted by molar-refractivity contribution is 0.102. The van der Waals surface area contributed by atoms with Gasteiger partial charge in [0.1, 0.15) is 5.82 Å². The summed E-state index contributed by atoms with van der Waals surface area (Å²) >= 11 is 11.9. The van der Waals surface area contributed by atoms with E-state index in [1.54, 1.807) is 30.3 Å². The van der Waals surface area contributed by atoms with Gasteiger partial charge >= 0.3 is 0 Å². The van der Waals surface area contributed by atoms with E-state index < -0.39 is 5.91 Å². The van der Waals surface area contributed by atoms with Crippen molar-refractivity contribution in [1.82, 2.24) is 10.2 Å². The van der Waals surface area contributed by atoms with E-state index in [0.717, 1.165) is 19.4 Å². The number of hydrogen-bond donors (Lipinski definition) is 2. The summed E-state index contributed by atoms with van der Waals surface area (Å²) in [7, 11) is 0. The summed E-state index contributed by atoms with van der Waals surface area (Å²) in [4.78, 5) is 12.2. The highest BCUT2D eigenvalue weighted by molar-refractivity contribution is 6.36. The quantitative estimate of drug-likeness (QED) is 0.844. The first-order chi connectivity index (χ1) is 11.6. The molecule has 1 aliphatic heterocycles. The summed E-state index contributed by atoms with van der Waals surface area (Å²) in [6.45, 7) is 1.49. The fraction of sp³-hybridized carbons (Fsp3) is 0.312. The highest BCUT2D eigenvalue weighted by Gasteiger charge is 2.15. The second-order valence-electron chi connectivity index (χ2n) is 5.40. The second-order valence-corrected chi connectivity index (χ2v) is 6.24. The molecule has 2 N–H and O–H groups in total. The van der Waals surface area contributed by atoms with Crippen LogP contribution in [0, 0.1) is 0 Å². The monoisotopic (exact) mass is 366 g/mol. The number of nitrogens with zero attached hydrogens (tertiary/aromatic N) is 2. The van der Waals surface area contributed by atoms with Gasteiger partial charge in [0.25, 0.3) is 5.91 Å². The van der Waals surface area contributed by atoms with Gasteiger partial charge in [0.15, 0.2) is 5.69 Å². The van der Waals surface area contributed by atoms with Gasteiger partial charge in [-0.3, -0.25) is 4.79 Å². The molecule has 1 amide bonds. The molecule has 1 atom stereocenters. The molecule has 0 spiro atoms. The standard InChI is InChI=1S/C16H16Cl2N4O2/c17-10-3-4-13(12(18)8-10)20-16(23)14-5-6-15(22-21-14)19-9-11-2-1-7-24-11/h3-6,8,11H,1-2,7,9H2,(H,19,22)(H,20,23). The number of amides is 1. The van der Waals surface area contributed by atoms with E-state index in [-0.39, 0.29) is 11.8 Å². The summed E-state index contributed by atoms with van der Waals surface area (Å²) in [5.41, 5.74) is 0.664. The SMILES string of the molecule is O=C(Nc1ccc(Cl)cc1Cl)c1ccc(NCC2CCCO2)nn1. The second kappa shape index (κ2) is 7.79. The molecule has 8 heteroatoms. The summed E-state index contributed by atoms with van der Waals surface area (Å²) in [5.74, 6) is 0.212. The minimum Gasteiger partial charge on any atom is -0.376 e. The molecular weight excluding hydrogens is 351 g/mol. The number of halogens is 2. The zero-order valence-electron chi connectivity index (χ0n) is 12.8. The molecule has 0 radical (unpaired) electrons. The van der Waals surface area contributed by atoms with E-state index in [1.807, 2.05) is 0 Å². The Kier molecular flexibility index (Phi) is 5.50. The third-order valence-electron chi connectivity index (χ3n) is 3.61. The average Bonchev–Trinajstić information content (AvgIpc) is 3.09. The van der Waals surface area contributed by atoms with Crippen molar-refractivity contribution in [2.24, 2.45) is 0 Å². The normalized spacial score (nSPS) is 16.8. The molecule has 0 saturated carbocycles. The summed E-state index contributed by atoms with van der Waals surface area (Å²) in [6, 6.07) is 8.15.